The average Bonchev–Trinajstić information content (AvgIpc) is 3.18. The van der Waals surface area contributed by atoms with Gasteiger partial charge in [-0.3, -0.25) is 4.79 Å². The number of likely N-dealkylation sites (tertiary alicyclic amines) is 1. The molecular weight excluding hydrogens is 372 g/mol. The number of benzene rings is 1. The van der Waals surface area contributed by atoms with E-state index in [0.717, 1.165) is 18.4 Å². The van der Waals surface area contributed by atoms with E-state index in [-0.39, 0.29) is 17.7 Å². The molecule has 2 atom stereocenters. The van der Waals surface area contributed by atoms with Crippen molar-refractivity contribution in [3.63, 3.8) is 0 Å². The molecule has 2 N–H and O–H groups in total. The zero-order chi connectivity index (χ0) is 20.6. The second-order valence-electron chi connectivity index (χ2n) is 7.22. The molecule has 2 heterocycles. The number of carboxylic acids is 1. The molecule has 0 radical (unpaired) electrons. The van der Waals surface area contributed by atoms with Gasteiger partial charge in [0.2, 0.25) is 11.7 Å². The van der Waals surface area contributed by atoms with Gasteiger partial charge < -0.3 is 19.5 Å². The third-order valence-electron chi connectivity index (χ3n) is 5.01. The number of piperidine rings is 1. The molecule has 1 amide bonds. The quantitative estimate of drug-likeness (QED) is 0.630. The zero-order valence-electron chi connectivity index (χ0n) is 16.2. The molecule has 1 fully saturated rings. The number of hydrogen-bond acceptors (Lipinski definition) is 5. The number of aliphatic hydroxyl groups is 1. The molecule has 1 aromatic carbocycles. The molecule has 1 aromatic heterocycles. The number of carbonyl (C=O) groups excluding carboxylic acids is 1. The maximum Gasteiger partial charge on any atom is 0.373 e. The van der Waals surface area contributed by atoms with Gasteiger partial charge in [-0.1, -0.05) is 42.5 Å². The minimum absolute atomic E-state index is 0.0409. The Bertz CT molecular complexity index is 846. The van der Waals surface area contributed by atoms with E-state index in [2.05, 4.69) is 4.98 Å². The maximum absolute atomic E-state index is 12.4. The summed E-state index contributed by atoms with van der Waals surface area (Å²) in [6, 6.07) is 9.75. The number of aryl methyl sites for hydroxylation is 1. The lowest BCUT2D eigenvalue weighted by atomic mass is 9.99. The van der Waals surface area contributed by atoms with Crippen LogP contribution in [0.15, 0.2) is 53.1 Å². The van der Waals surface area contributed by atoms with Crippen LogP contribution in [0.5, 0.6) is 0 Å². The second kappa shape index (κ2) is 10.0. The predicted octanol–water partition coefficient (Wildman–Crippen LogP) is 2.85. The highest BCUT2D eigenvalue weighted by atomic mass is 16.4. The monoisotopic (exact) mass is 398 g/mol. The molecule has 0 saturated carbocycles. The molecule has 0 spiro atoms. The number of aromatic carboxylic acids is 1. The van der Waals surface area contributed by atoms with Gasteiger partial charge in [0, 0.05) is 25.8 Å². The molecule has 7 nitrogen and oxygen atoms in total. The van der Waals surface area contributed by atoms with Crippen molar-refractivity contribution in [2.75, 3.05) is 6.54 Å². The van der Waals surface area contributed by atoms with Gasteiger partial charge in [-0.25, -0.2) is 9.78 Å². The fourth-order valence-electron chi connectivity index (χ4n) is 3.54. The van der Waals surface area contributed by atoms with Crippen molar-refractivity contribution in [2.24, 2.45) is 0 Å². The first kappa shape index (κ1) is 20.8. The minimum atomic E-state index is -1.14. The number of carbonyl (C=O) groups is 2. The number of rotatable bonds is 9. The lowest BCUT2D eigenvalue weighted by molar-refractivity contribution is -0.135. The zero-order valence-corrected chi connectivity index (χ0v) is 16.2. The summed E-state index contributed by atoms with van der Waals surface area (Å²) < 4.78 is 5.16. The van der Waals surface area contributed by atoms with Gasteiger partial charge in [-0.05, 0) is 24.8 Å². The molecule has 2 aromatic rings. The molecule has 154 valence electrons. The number of amides is 1. The topological polar surface area (TPSA) is 104 Å². The Hall–Kier alpha value is -2.93. The lowest BCUT2D eigenvalue weighted by Crippen LogP contribution is -2.43. The molecular formula is C22H26N2O5. The van der Waals surface area contributed by atoms with Gasteiger partial charge >= 0.3 is 5.97 Å². The Morgan fingerprint density at radius 1 is 1.34 bits per heavy atom. The van der Waals surface area contributed by atoms with Crippen LogP contribution in [-0.2, 0) is 17.6 Å². The van der Waals surface area contributed by atoms with Crippen molar-refractivity contribution < 1.29 is 24.2 Å². The molecule has 1 aliphatic heterocycles. The van der Waals surface area contributed by atoms with E-state index >= 15 is 0 Å². The molecule has 0 aliphatic carbocycles. The first-order chi connectivity index (χ1) is 14.0. The molecule has 3 rings (SSSR count). The van der Waals surface area contributed by atoms with Crippen LogP contribution < -0.4 is 0 Å². The number of nitrogens with zero attached hydrogens (tertiary/aromatic N) is 2. The minimum Gasteiger partial charge on any atom is -0.475 e. The Morgan fingerprint density at radius 2 is 2.14 bits per heavy atom. The van der Waals surface area contributed by atoms with Gasteiger partial charge in [0.25, 0.3) is 0 Å². The van der Waals surface area contributed by atoms with E-state index in [4.69, 9.17) is 9.52 Å². The molecule has 7 heteroatoms. The Labute approximate surface area is 169 Å². The highest BCUT2D eigenvalue weighted by Crippen LogP contribution is 2.20. The van der Waals surface area contributed by atoms with Crippen molar-refractivity contribution in [2.45, 2.75) is 50.7 Å². The lowest BCUT2D eigenvalue weighted by Gasteiger charge is -2.34. The van der Waals surface area contributed by atoms with Crippen LogP contribution in [0.2, 0.25) is 0 Å². The molecule has 0 unspecified atom stereocenters. The fraction of sp³-hybridized carbons (Fsp3) is 0.409. The Morgan fingerprint density at radius 3 is 2.86 bits per heavy atom. The Balaban J connectivity index is 1.53. The van der Waals surface area contributed by atoms with Crippen LogP contribution in [0.1, 0.15) is 47.7 Å². The van der Waals surface area contributed by atoms with Crippen molar-refractivity contribution in [1.82, 2.24) is 9.88 Å². The number of aromatic nitrogens is 1. The van der Waals surface area contributed by atoms with Crippen molar-refractivity contribution in [1.29, 1.82) is 0 Å². The number of carboxylic acid groups (broad SMARTS) is 1. The highest BCUT2D eigenvalue weighted by Gasteiger charge is 2.26. The molecule has 0 bridgehead atoms. The maximum atomic E-state index is 12.4. The van der Waals surface area contributed by atoms with E-state index in [1.54, 1.807) is 6.08 Å². The van der Waals surface area contributed by atoms with Gasteiger partial charge in [0.15, 0.2) is 5.89 Å². The average molecular weight is 398 g/mol. The van der Waals surface area contributed by atoms with E-state index in [1.807, 2.05) is 41.3 Å². The Kier molecular flexibility index (Phi) is 7.19. The summed E-state index contributed by atoms with van der Waals surface area (Å²) in [5, 5.41) is 19.2. The summed E-state index contributed by atoms with van der Waals surface area (Å²) in [6.07, 6.45) is 8.15. The third-order valence-corrected chi connectivity index (χ3v) is 5.01. The predicted molar refractivity (Wildman–Crippen MR) is 106 cm³/mol. The first-order valence-corrected chi connectivity index (χ1v) is 9.90. The van der Waals surface area contributed by atoms with Crippen molar-refractivity contribution >= 4 is 11.9 Å². The van der Waals surface area contributed by atoms with E-state index in [1.165, 1.54) is 6.20 Å². The normalized spacial score (nSPS) is 18.3. The van der Waals surface area contributed by atoms with E-state index < -0.39 is 12.1 Å². The fourth-order valence-corrected chi connectivity index (χ4v) is 3.54. The van der Waals surface area contributed by atoms with Crippen molar-refractivity contribution in [3.8, 4) is 0 Å². The third kappa shape index (κ3) is 6.02. The summed E-state index contributed by atoms with van der Waals surface area (Å²) in [5.41, 5.74) is 1.06. The van der Waals surface area contributed by atoms with Crippen LogP contribution in [0, 0.1) is 0 Å². The van der Waals surface area contributed by atoms with Gasteiger partial charge in [0.1, 0.15) is 0 Å². The number of oxazole rings is 1. The number of hydrogen-bond donors (Lipinski definition) is 2. The van der Waals surface area contributed by atoms with Crippen LogP contribution in [0.3, 0.4) is 0 Å². The SMILES string of the molecule is O=C(O)c1cnc(CCCN2C(=O)CCC[C@@H]2C=C[C@@H](O)Cc2ccccc2)o1. The van der Waals surface area contributed by atoms with Crippen LogP contribution in [0.25, 0.3) is 0 Å². The van der Waals surface area contributed by atoms with Crippen molar-refractivity contribution in [3.05, 3.63) is 65.9 Å². The van der Waals surface area contributed by atoms with Gasteiger partial charge in [-0.15, -0.1) is 0 Å². The summed E-state index contributed by atoms with van der Waals surface area (Å²) in [5.74, 6) is -0.865. The summed E-state index contributed by atoms with van der Waals surface area (Å²) in [6.45, 7) is 0.535. The number of aliphatic hydroxyl groups excluding tert-OH is 1. The highest BCUT2D eigenvalue weighted by molar-refractivity contribution is 5.83. The molecule has 29 heavy (non-hydrogen) atoms. The summed E-state index contributed by atoms with van der Waals surface area (Å²) >= 11 is 0. The van der Waals surface area contributed by atoms with E-state index in [0.29, 0.717) is 38.1 Å². The van der Waals surface area contributed by atoms with Crippen LogP contribution in [-0.4, -0.2) is 50.7 Å². The van der Waals surface area contributed by atoms with Crippen LogP contribution >= 0.6 is 0 Å². The van der Waals surface area contributed by atoms with Crippen LogP contribution in [0.4, 0.5) is 0 Å². The largest absolute Gasteiger partial charge is 0.475 e. The van der Waals surface area contributed by atoms with E-state index in [9.17, 15) is 14.7 Å². The van der Waals surface area contributed by atoms with Gasteiger partial charge in [-0.2, -0.15) is 0 Å². The summed E-state index contributed by atoms with van der Waals surface area (Å²) in [7, 11) is 0. The standard InChI is InChI=1S/C22H26N2O5/c25-18(14-16-6-2-1-3-7-16)12-11-17-8-4-10-21(26)24(17)13-5-9-20-23-15-19(29-20)22(27)28/h1-3,6-7,11-12,15,17-18,25H,4-5,8-10,13-14H2,(H,27,28)/t17-,18-/m1/s1. The first-order valence-electron chi connectivity index (χ1n) is 9.90. The van der Waals surface area contributed by atoms with Gasteiger partial charge in [0.05, 0.1) is 18.3 Å². The summed E-state index contributed by atoms with van der Waals surface area (Å²) in [4.78, 5) is 29.0. The molecule has 1 saturated heterocycles. The smallest absolute Gasteiger partial charge is 0.373 e. The molecule has 1 aliphatic rings. The second-order valence-corrected chi connectivity index (χ2v) is 7.22.